The molecule has 0 aliphatic rings. The molecule has 1 atom stereocenters. The fourth-order valence-corrected chi connectivity index (χ4v) is 6.22. The second-order valence-electron chi connectivity index (χ2n) is 9.09. The maximum Gasteiger partial charge on any atom is 0.0906 e. The highest BCUT2D eigenvalue weighted by molar-refractivity contribution is 8.00. The van der Waals surface area contributed by atoms with Crippen molar-refractivity contribution < 1.29 is 0 Å². The minimum atomic E-state index is -0.195. The van der Waals surface area contributed by atoms with Crippen molar-refractivity contribution in [2.45, 2.75) is 75.5 Å². The van der Waals surface area contributed by atoms with E-state index >= 15 is 0 Å². The van der Waals surface area contributed by atoms with Crippen molar-refractivity contribution in [1.82, 2.24) is 0 Å². The monoisotopic (exact) mass is 459 g/mol. The molecule has 0 fully saturated rings. The summed E-state index contributed by atoms with van der Waals surface area (Å²) in [6, 6.07) is 33.4. The average Bonchev–Trinajstić information content (AvgIpc) is 2.88. The first-order valence-corrected chi connectivity index (χ1v) is 13.8. The molecule has 0 radical (unpaired) electrons. The summed E-state index contributed by atoms with van der Waals surface area (Å²) in [4.78, 5) is 0. The first kappa shape index (κ1) is 25.6. The van der Waals surface area contributed by atoms with Gasteiger partial charge in [0.1, 0.15) is 0 Å². The number of unbranched alkanes of at least 4 members (excludes halogenated alkanes) is 5. The number of thioether (sulfide) groups is 1. The summed E-state index contributed by atoms with van der Waals surface area (Å²) in [5, 5.41) is 0. The lowest BCUT2D eigenvalue weighted by molar-refractivity contribution is 0.498. The fraction of sp³-hybridized carbons (Fsp3) is 0.419. The zero-order valence-corrected chi connectivity index (χ0v) is 21.1. The SMILES string of the molecule is CCCCCCC(N)CCCCCSC(c1ccccc1)(c1ccccc1)c1ccccc1. The Kier molecular flexibility index (Phi) is 11.1. The number of nitrogens with two attached hydrogens (primary N) is 1. The lowest BCUT2D eigenvalue weighted by Gasteiger charge is -2.35. The van der Waals surface area contributed by atoms with Gasteiger partial charge < -0.3 is 5.73 Å². The lowest BCUT2D eigenvalue weighted by atomic mass is 9.84. The molecule has 3 rings (SSSR count). The van der Waals surface area contributed by atoms with Gasteiger partial charge >= 0.3 is 0 Å². The van der Waals surface area contributed by atoms with Crippen molar-refractivity contribution in [1.29, 1.82) is 0 Å². The summed E-state index contributed by atoms with van der Waals surface area (Å²) in [7, 11) is 0. The van der Waals surface area contributed by atoms with E-state index in [0.717, 1.165) is 12.2 Å². The van der Waals surface area contributed by atoms with Crippen LogP contribution in [-0.2, 0) is 4.75 Å². The second kappa shape index (κ2) is 14.3. The van der Waals surface area contributed by atoms with Gasteiger partial charge in [0.2, 0.25) is 0 Å². The molecule has 3 aromatic carbocycles. The number of rotatable bonds is 15. The van der Waals surface area contributed by atoms with Crippen LogP contribution in [0.5, 0.6) is 0 Å². The quantitative estimate of drug-likeness (QED) is 0.182. The highest BCUT2D eigenvalue weighted by Gasteiger charge is 2.36. The molecule has 33 heavy (non-hydrogen) atoms. The van der Waals surface area contributed by atoms with Crippen LogP contribution < -0.4 is 5.73 Å². The topological polar surface area (TPSA) is 26.0 Å². The first-order chi connectivity index (χ1) is 16.3. The van der Waals surface area contributed by atoms with Gasteiger partial charge in [0.25, 0.3) is 0 Å². The zero-order valence-electron chi connectivity index (χ0n) is 20.3. The fourth-order valence-electron chi connectivity index (χ4n) is 4.66. The molecular formula is C31H41NS. The summed E-state index contributed by atoms with van der Waals surface area (Å²) in [5.41, 5.74) is 10.4. The first-order valence-electron chi connectivity index (χ1n) is 12.8. The van der Waals surface area contributed by atoms with Gasteiger partial charge in [-0.1, -0.05) is 136 Å². The van der Waals surface area contributed by atoms with Crippen LogP contribution in [0.4, 0.5) is 0 Å². The normalized spacial score (nSPS) is 12.5. The van der Waals surface area contributed by atoms with Gasteiger partial charge in [-0.25, -0.2) is 0 Å². The van der Waals surface area contributed by atoms with E-state index < -0.39 is 0 Å². The van der Waals surface area contributed by atoms with E-state index in [4.69, 9.17) is 5.73 Å². The Morgan fingerprint density at radius 2 is 1.03 bits per heavy atom. The van der Waals surface area contributed by atoms with Gasteiger partial charge in [0.05, 0.1) is 4.75 Å². The molecule has 1 unspecified atom stereocenters. The number of hydrogen-bond acceptors (Lipinski definition) is 2. The average molecular weight is 460 g/mol. The summed E-state index contributed by atoms with van der Waals surface area (Å²) in [5.74, 6) is 1.13. The lowest BCUT2D eigenvalue weighted by Crippen LogP contribution is -2.26. The van der Waals surface area contributed by atoms with E-state index in [1.807, 2.05) is 0 Å². The van der Waals surface area contributed by atoms with Crippen LogP contribution in [0.1, 0.15) is 81.4 Å². The Bertz CT molecular complexity index is 782. The van der Waals surface area contributed by atoms with E-state index in [1.165, 1.54) is 68.1 Å². The van der Waals surface area contributed by atoms with E-state index in [1.54, 1.807) is 0 Å². The molecule has 0 amide bonds. The summed E-state index contributed by atoms with van der Waals surface area (Å²) in [6.45, 7) is 2.26. The Balaban J connectivity index is 1.65. The number of benzene rings is 3. The second-order valence-corrected chi connectivity index (χ2v) is 10.4. The van der Waals surface area contributed by atoms with Gasteiger partial charge in [-0.3, -0.25) is 0 Å². The molecule has 0 bridgehead atoms. The maximum absolute atomic E-state index is 6.36. The molecule has 0 spiro atoms. The van der Waals surface area contributed by atoms with Crippen molar-refractivity contribution >= 4 is 11.8 Å². The molecule has 0 saturated heterocycles. The highest BCUT2D eigenvalue weighted by atomic mass is 32.2. The molecule has 0 aliphatic carbocycles. The van der Waals surface area contributed by atoms with E-state index in [0.29, 0.717) is 6.04 Å². The van der Waals surface area contributed by atoms with E-state index in [-0.39, 0.29) is 4.75 Å². The smallest absolute Gasteiger partial charge is 0.0906 e. The summed E-state index contributed by atoms with van der Waals surface area (Å²) < 4.78 is -0.195. The van der Waals surface area contributed by atoms with E-state index in [9.17, 15) is 0 Å². The molecule has 2 N–H and O–H groups in total. The Hall–Kier alpha value is -2.03. The van der Waals surface area contributed by atoms with Gasteiger partial charge in [0.15, 0.2) is 0 Å². The minimum Gasteiger partial charge on any atom is -0.328 e. The van der Waals surface area contributed by atoms with Crippen molar-refractivity contribution in [3.63, 3.8) is 0 Å². The summed E-state index contributed by atoms with van der Waals surface area (Å²) >= 11 is 2.08. The third-order valence-corrected chi connectivity index (χ3v) is 8.14. The minimum absolute atomic E-state index is 0.195. The predicted molar refractivity (Wildman–Crippen MR) is 147 cm³/mol. The zero-order chi connectivity index (χ0) is 23.2. The van der Waals surface area contributed by atoms with Crippen molar-refractivity contribution in [2.75, 3.05) is 5.75 Å². The summed E-state index contributed by atoms with van der Waals surface area (Å²) in [6.07, 6.45) is 11.3. The highest BCUT2D eigenvalue weighted by Crippen LogP contribution is 2.48. The van der Waals surface area contributed by atoms with Gasteiger partial charge in [-0.15, -0.1) is 11.8 Å². The third-order valence-electron chi connectivity index (χ3n) is 6.51. The third kappa shape index (κ3) is 7.48. The molecule has 0 saturated carbocycles. The molecule has 1 nitrogen and oxygen atoms in total. The molecule has 0 aromatic heterocycles. The Labute approximate surface area is 206 Å². The van der Waals surface area contributed by atoms with E-state index in [2.05, 4.69) is 110 Å². The van der Waals surface area contributed by atoms with Crippen LogP contribution in [0, 0.1) is 0 Å². The predicted octanol–water partition coefficient (Wildman–Crippen LogP) is 8.57. The van der Waals surface area contributed by atoms with Gasteiger partial charge in [-0.2, -0.15) is 0 Å². The molecule has 3 aromatic rings. The molecule has 0 heterocycles. The van der Waals surface area contributed by atoms with Crippen LogP contribution in [0.3, 0.4) is 0 Å². The largest absolute Gasteiger partial charge is 0.328 e. The van der Waals surface area contributed by atoms with Gasteiger partial charge in [0, 0.05) is 6.04 Å². The van der Waals surface area contributed by atoms with Crippen molar-refractivity contribution in [2.24, 2.45) is 5.73 Å². The van der Waals surface area contributed by atoms with Crippen LogP contribution >= 0.6 is 11.8 Å². The van der Waals surface area contributed by atoms with Crippen LogP contribution in [0.25, 0.3) is 0 Å². The Morgan fingerprint density at radius 3 is 1.45 bits per heavy atom. The van der Waals surface area contributed by atoms with Crippen molar-refractivity contribution in [3.05, 3.63) is 108 Å². The van der Waals surface area contributed by atoms with Crippen LogP contribution in [-0.4, -0.2) is 11.8 Å². The van der Waals surface area contributed by atoms with Crippen LogP contribution in [0.15, 0.2) is 91.0 Å². The van der Waals surface area contributed by atoms with Crippen molar-refractivity contribution in [3.8, 4) is 0 Å². The maximum atomic E-state index is 6.36. The molecule has 2 heteroatoms. The molecular weight excluding hydrogens is 418 g/mol. The molecule has 0 aliphatic heterocycles. The number of hydrogen-bond donors (Lipinski definition) is 1. The molecule has 176 valence electrons. The Morgan fingerprint density at radius 1 is 0.606 bits per heavy atom. The standard InChI is InChI=1S/C31H41NS/c1-2-3-4-15-24-30(32)25-16-8-17-26-33-31(27-18-9-5-10-19-27,28-20-11-6-12-21-28)29-22-13-7-14-23-29/h5-7,9-14,18-23,30H,2-4,8,15-17,24-26,32H2,1H3. The van der Waals surface area contributed by atoms with Crippen LogP contribution in [0.2, 0.25) is 0 Å². The van der Waals surface area contributed by atoms with Gasteiger partial charge in [-0.05, 0) is 41.7 Å².